The summed E-state index contributed by atoms with van der Waals surface area (Å²) >= 11 is 0. The number of hydrogen-bond acceptors (Lipinski definition) is 4. The van der Waals surface area contributed by atoms with Gasteiger partial charge in [-0.25, -0.2) is 0 Å². The number of benzene rings is 1. The van der Waals surface area contributed by atoms with Crippen molar-refractivity contribution in [2.24, 2.45) is 5.73 Å². The second-order valence-electron chi connectivity index (χ2n) is 3.98. The van der Waals surface area contributed by atoms with Crippen molar-refractivity contribution in [2.45, 2.75) is 25.4 Å². The van der Waals surface area contributed by atoms with Crippen molar-refractivity contribution in [2.75, 3.05) is 0 Å². The van der Waals surface area contributed by atoms with Crippen LogP contribution in [0.3, 0.4) is 0 Å². The van der Waals surface area contributed by atoms with E-state index in [2.05, 4.69) is 9.47 Å². The molecule has 16 heavy (non-hydrogen) atoms. The second-order valence-corrected chi connectivity index (χ2v) is 3.98. The first-order chi connectivity index (χ1) is 7.25. The van der Waals surface area contributed by atoms with Gasteiger partial charge in [0.25, 0.3) is 0 Å². The van der Waals surface area contributed by atoms with Gasteiger partial charge >= 0.3 is 6.29 Å². The lowest BCUT2D eigenvalue weighted by atomic mass is 10.0. The topological polar surface area (TPSA) is 64.7 Å². The summed E-state index contributed by atoms with van der Waals surface area (Å²) in [6, 6.07) is 4.28. The minimum absolute atomic E-state index is 0.0228. The molecule has 0 aliphatic carbocycles. The van der Waals surface area contributed by atoms with Crippen LogP contribution < -0.4 is 15.2 Å². The Bertz CT molecular complexity index is 415. The lowest BCUT2D eigenvalue weighted by molar-refractivity contribution is -0.286. The molecule has 1 atom stereocenters. The minimum Gasteiger partial charge on any atom is -0.395 e. The van der Waals surface area contributed by atoms with Crippen LogP contribution in [-0.4, -0.2) is 17.1 Å². The van der Waals surface area contributed by atoms with Gasteiger partial charge in [-0.05, 0) is 24.6 Å². The average Bonchev–Trinajstić information content (AvgIpc) is 2.34. The highest BCUT2D eigenvalue weighted by molar-refractivity contribution is 5.45. The summed E-state index contributed by atoms with van der Waals surface area (Å²) in [6.45, 7) is 1.42. The summed E-state index contributed by atoms with van der Waals surface area (Å²) in [5.74, 6) is -0.0721. The Morgan fingerprint density at radius 1 is 1.38 bits per heavy atom. The van der Waals surface area contributed by atoms with E-state index in [1.165, 1.54) is 19.1 Å². The van der Waals surface area contributed by atoms with Crippen molar-refractivity contribution in [3.63, 3.8) is 0 Å². The van der Waals surface area contributed by atoms with E-state index >= 15 is 0 Å². The number of alkyl halides is 2. The Kier molecular flexibility index (Phi) is 2.28. The molecule has 3 N–H and O–H groups in total. The Labute approximate surface area is 90.6 Å². The van der Waals surface area contributed by atoms with Crippen molar-refractivity contribution >= 4 is 0 Å². The smallest absolute Gasteiger partial charge is 0.395 e. The number of ether oxygens (including phenoxy) is 2. The molecule has 1 unspecified atom stereocenters. The van der Waals surface area contributed by atoms with Gasteiger partial charge < -0.3 is 20.3 Å². The largest absolute Gasteiger partial charge is 0.586 e. The molecular weight excluding hydrogens is 220 g/mol. The maximum atomic E-state index is 12.7. The molecule has 0 bridgehead atoms. The van der Waals surface area contributed by atoms with Crippen LogP contribution in [0.15, 0.2) is 18.2 Å². The summed E-state index contributed by atoms with van der Waals surface area (Å²) < 4.78 is 33.9. The number of rotatable bonds is 2. The number of halogens is 2. The van der Waals surface area contributed by atoms with Crippen LogP contribution in [0.1, 0.15) is 12.5 Å². The molecule has 1 aromatic rings. The zero-order chi connectivity index (χ0) is 12.0. The quantitative estimate of drug-likeness (QED) is 0.751. The molecule has 1 aromatic carbocycles. The third kappa shape index (κ3) is 2.40. The fourth-order valence-electron chi connectivity index (χ4n) is 1.52. The summed E-state index contributed by atoms with van der Waals surface area (Å²) in [4.78, 5) is 0. The molecule has 0 radical (unpaired) electrons. The van der Waals surface area contributed by atoms with E-state index in [1.54, 1.807) is 6.07 Å². The first-order valence-corrected chi connectivity index (χ1v) is 4.65. The van der Waals surface area contributed by atoms with Crippen LogP contribution in [0.2, 0.25) is 0 Å². The van der Waals surface area contributed by atoms with E-state index in [0.29, 0.717) is 5.56 Å². The first-order valence-electron chi connectivity index (χ1n) is 4.65. The van der Waals surface area contributed by atoms with Gasteiger partial charge in [-0.2, -0.15) is 0 Å². The van der Waals surface area contributed by atoms with Crippen LogP contribution in [0.25, 0.3) is 0 Å². The van der Waals surface area contributed by atoms with Gasteiger partial charge in [0.05, 0.1) is 0 Å². The molecule has 0 fully saturated rings. The molecule has 1 aliphatic rings. The van der Waals surface area contributed by atoms with Crippen LogP contribution in [0.5, 0.6) is 11.5 Å². The second kappa shape index (κ2) is 3.29. The molecule has 0 amide bonds. The maximum Gasteiger partial charge on any atom is 0.586 e. The molecule has 1 aliphatic heterocycles. The van der Waals surface area contributed by atoms with Gasteiger partial charge in [0.15, 0.2) is 11.5 Å². The van der Waals surface area contributed by atoms with Gasteiger partial charge in [-0.15, -0.1) is 8.78 Å². The summed E-state index contributed by atoms with van der Waals surface area (Å²) in [5.41, 5.74) is 4.60. The molecular formula is C10H11F2NO3. The van der Waals surface area contributed by atoms with Crippen molar-refractivity contribution in [3.8, 4) is 11.5 Å². The summed E-state index contributed by atoms with van der Waals surface area (Å²) in [5, 5.41) is 9.38. The fraction of sp³-hybridized carbons (Fsp3) is 0.400. The molecule has 6 heteroatoms. The molecule has 0 saturated carbocycles. The fourth-order valence-corrected chi connectivity index (χ4v) is 1.52. The average molecular weight is 231 g/mol. The highest BCUT2D eigenvalue weighted by Gasteiger charge is 2.43. The van der Waals surface area contributed by atoms with Crippen LogP contribution in [-0.2, 0) is 6.42 Å². The van der Waals surface area contributed by atoms with Crippen molar-refractivity contribution in [3.05, 3.63) is 23.8 Å². The Balaban J connectivity index is 2.23. The maximum absolute atomic E-state index is 12.7. The lowest BCUT2D eigenvalue weighted by Crippen LogP contribution is -2.37. The van der Waals surface area contributed by atoms with E-state index in [4.69, 9.17) is 5.73 Å². The van der Waals surface area contributed by atoms with Crippen molar-refractivity contribution in [1.82, 2.24) is 0 Å². The first kappa shape index (κ1) is 11.1. The molecule has 4 nitrogen and oxygen atoms in total. The van der Waals surface area contributed by atoms with E-state index in [0.717, 1.165) is 0 Å². The molecule has 88 valence electrons. The Morgan fingerprint density at radius 2 is 2.00 bits per heavy atom. The Hall–Kier alpha value is -1.40. The van der Waals surface area contributed by atoms with Gasteiger partial charge in [0.2, 0.25) is 0 Å². The van der Waals surface area contributed by atoms with Crippen LogP contribution in [0, 0.1) is 0 Å². The van der Waals surface area contributed by atoms with Crippen LogP contribution >= 0.6 is 0 Å². The Morgan fingerprint density at radius 3 is 2.62 bits per heavy atom. The molecule has 0 spiro atoms. The highest BCUT2D eigenvalue weighted by Crippen LogP contribution is 2.41. The summed E-state index contributed by atoms with van der Waals surface area (Å²) in [6.07, 6.45) is -3.48. The lowest BCUT2D eigenvalue weighted by Gasteiger charge is -2.16. The zero-order valence-electron chi connectivity index (χ0n) is 8.54. The third-order valence-corrected chi connectivity index (χ3v) is 2.03. The third-order valence-electron chi connectivity index (χ3n) is 2.03. The van der Waals surface area contributed by atoms with Gasteiger partial charge in [-0.1, -0.05) is 6.07 Å². The van der Waals surface area contributed by atoms with Gasteiger partial charge in [0, 0.05) is 6.42 Å². The molecule has 1 heterocycles. The summed E-state index contributed by atoms with van der Waals surface area (Å²) in [7, 11) is 0. The number of nitrogens with two attached hydrogens (primary N) is 1. The van der Waals surface area contributed by atoms with E-state index in [9.17, 15) is 13.9 Å². The standard InChI is InChI=1S/C10H11F2NO3/c1-9(13,14)5-6-2-3-7-8(4-6)16-10(11,12)15-7/h2-4,14H,5,13H2,1H3. The van der Waals surface area contributed by atoms with E-state index in [1.807, 2.05) is 0 Å². The minimum atomic E-state index is -3.62. The van der Waals surface area contributed by atoms with E-state index in [-0.39, 0.29) is 17.9 Å². The predicted molar refractivity (Wildman–Crippen MR) is 51.2 cm³/mol. The van der Waals surface area contributed by atoms with Crippen LogP contribution in [0.4, 0.5) is 8.78 Å². The monoisotopic (exact) mass is 231 g/mol. The number of hydrogen-bond donors (Lipinski definition) is 2. The SMILES string of the molecule is CC(N)(O)Cc1ccc2c(c1)OC(F)(F)O2. The zero-order valence-corrected chi connectivity index (χ0v) is 8.54. The number of aliphatic hydroxyl groups is 1. The highest BCUT2D eigenvalue weighted by atomic mass is 19.3. The van der Waals surface area contributed by atoms with Gasteiger partial charge in [0.1, 0.15) is 5.72 Å². The van der Waals surface area contributed by atoms with Gasteiger partial charge in [-0.3, -0.25) is 0 Å². The molecule has 0 aromatic heterocycles. The molecule has 2 rings (SSSR count). The van der Waals surface area contributed by atoms with Crippen molar-refractivity contribution < 1.29 is 23.4 Å². The normalized spacial score (nSPS) is 20.6. The van der Waals surface area contributed by atoms with Crippen molar-refractivity contribution in [1.29, 1.82) is 0 Å². The van der Waals surface area contributed by atoms with E-state index < -0.39 is 12.0 Å². The predicted octanol–water partition coefficient (Wildman–Crippen LogP) is 1.22. The molecule has 0 saturated heterocycles. The number of fused-ring (bicyclic) bond motifs is 1.